The van der Waals surface area contributed by atoms with E-state index in [9.17, 15) is 4.79 Å². The fourth-order valence-corrected chi connectivity index (χ4v) is 5.31. The summed E-state index contributed by atoms with van der Waals surface area (Å²) in [6.07, 6.45) is 5.25. The first-order chi connectivity index (χ1) is 14.7. The molecule has 0 spiro atoms. The Morgan fingerprint density at radius 3 is 2.53 bits per heavy atom. The van der Waals surface area contributed by atoms with Crippen LogP contribution in [0.25, 0.3) is 0 Å². The van der Waals surface area contributed by atoms with E-state index < -0.39 is 0 Å². The molecule has 2 aromatic carbocycles. The zero-order valence-corrected chi connectivity index (χ0v) is 18.8. The van der Waals surface area contributed by atoms with Gasteiger partial charge in [0.25, 0.3) is 5.91 Å². The molecule has 0 atom stereocenters. The van der Waals surface area contributed by atoms with Crippen LogP contribution < -0.4 is 10.2 Å². The summed E-state index contributed by atoms with van der Waals surface area (Å²) in [7, 11) is 0. The van der Waals surface area contributed by atoms with Crippen LogP contribution in [0.15, 0.2) is 47.4 Å². The van der Waals surface area contributed by atoms with Crippen molar-refractivity contribution in [2.75, 3.05) is 43.4 Å². The number of nitrogens with zero attached hydrogens (tertiary/aromatic N) is 2. The molecule has 1 fully saturated rings. The number of thioether (sulfide) groups is 1. The van der Waals surface area contributed by atoms with E-state index in [0.717, 1.165) is 37.5 Å². The molecule has 0 aromatic heterocycles. The number of nitrogens with one attached hydrogen (secondary N) is 1. The number of fused-ring (bicyclic) bond motifs is 1. The lowest BCUT2D eigenvalue weighted by atomic mass is 10.1. The van der Waals surface area contributed by atoms with Gasteiger partial charge >= 0.3 is 0 Å². The van der Waals surface area contributed by atoms with Crippen LogP contribution in [0.5, 0.6) is 0 Å². The van der Waals surface area contributed by atoms with Gasteiger partial charge < -0.3 is 15.1 Å². The van der Waals surface area contributed by atoms with Crippen LogP contribution in [-0.2, 0) is 6.54 Å². The van der Waals surface area contributed by atoms with Crippen molar-refractivity contribution in [2.24, 2.45) is 0 Å². The normalized spacial score (nSPS) is 17.3. The molecule has 1 amide bonds. The van der Waals surface area contributed by atoms with Crippen molar-refractivity contribution in [1.29, 1.82) is 0 Å². The van der Waals surface area contributed by atoms with E-state index in [1.165, 1.54) is 60.5 Å². The molecule has 1 saturated heterocycles. The first-order valence-corrected chi connectivity index (χ1v) is 12.3. The minimum absolute atomic E-state index is 0.0403. The number of anilines is 1. The summed E-state index contributed by atoms with van der Waals surface area (Å²) in [4.78, 5) is 19.0. The van der Waals surface area contributed by atoms with E-state index in [4.69, 9.17) is 0 Å². The molecule has 4 rings (SSSR count). The second kappa shape index (κ2) is 10.4. The molecule has 160 valence electrons. The highest BCUT2D eigenvalue weighted by molar-refractivity contribution is 7.99. The number of carbonyl (C=O) groups excluding carboxylic acids is 1. The standard InChI is InChI=1S/C25H33N3OS/c1-20-6-8-21(9-7-20)19-28-16-17-30-24-11-10-22(18-23(24)28)25(29)26-12-15-27-13-4-2-3-5-14-27/h6-11,18H,2-5,12-17,19H2,1H3,(H,26,29). The Hall–Kier alpha value is -1.98. The Morgan fingerprint density at radius 1 is 1.00 bits per heavy atom. The molecule has 2 aliphatic heterocycles. The van der Waals surface area contributed by atoms with E-state index in [0.29, 0.717) is 0 Å². The Kier molecular flexibility index (Phi) is 7.34. The van der Waals surface area contributed by atoms with Gasteiger partial charge in [0, 0.05) is 42.4 Å². The number of hydrogen-bond acceptors (Lipinski definition) is 4. The quantitative estimate of drug-likeness (QED) is 0.730. The largest absolute Gasteiger partial charge is 0.365 e. The zero-order chi connectivity index (χ0) is 20.8. The molecule has 2 aromatic rings. The van der Waals surface area contributed by atoms with E-state index >= 15 is 0 Å². The van der Waals surface area contributed by atoms with Gasteiger partial charge in [0.2, 0.25) is 0 Å². The summed E-state index contributed by atoms with van der Waals surface area (Å²) in [6, 6.07) is 14.9. The fraction of sp³-hybridized carbons (Fsp3) is 0.480. The second-order valence-corrected chi connectivity index (χ2v) is 9.59. The van der Waals surface area contributed by atoms with Crippen LogP contribution >= 0.6 is 11.8 Å². The molecule has 0 saturated carbocycles. The van der Waals surface area contributed by atoms with Crippen LogP contribution in [0.1, 0.15) is 47.2 Å². The molecule has 2 heterocycles. The summed E-state index contributed by atoms with van der Waals surface area (Å²) in [5, 5.41) is 3.14. The number of likely N-dealkylation sites (tertiary alicyclic amines) is 1. The van der Waals surface area contributed by atoms with Gasteiger partial charge in [0.15, 0.2) is 0 Å². The molecule has 0 unspecified atom stereocenters. The van der Waals surface area contributed by atoms with Gasteiger partial charge in [0.05, 0.1) is 5.69 Å². The van der Waals surface area contributed by atoms with Crippen LogP contribution in [0.3, 0.4) is 0 Å². The van der Waals surface area contributed by atoms with E-state index in [1.54, 1.807) is 0 Å². The van der Waals surface area contributed by atoms with Gasteiger partial charge in [-0.05, 0) is 56.6 Å². The van der Waals surface area contributed by atoms with Crippen molar-refractivity contribution in [3.05, 3.63) is 59.2 Å². The average Bonchev–Trinajstić information content (AvgIpc) is 3.04. The van der Waals surface area contributed by atoms with E-state index in [2.05, 4.69) is 58.4 Å². The number of amides is 1. The summed E-state index contributed by atoms with van der Waals surface area (Å²) in [6.45, 7) is 8.01. The van der Waals surface area contributed by atoms with Crippen LogP contribution in [0.2, 0.25) is 0 Å². The van der Waals surface area contributed by atoms with Crippen LogP contribution in [0, 0.1) is 6.92 Å². The van der Waals surface area contributed by atoms with Crippen molar-refractivity contribution >= 4 is 23.4 Å². The molecule has 0 bridgehead atoms. The third-order valence-electron chi connectivity index (χ3n) is 6.09. The molecule has 1 N–H and O–H groups in total. The summed E-state index contributed by atoms with van der Waals surface area (Å²) in [5.74, 6) is 1.12. The predicted molar refractivity (Wildman–Crippen MR) is 127 cm³/mol. The Labute approximate surface area is 185 Å². The molecule has 0 aliphatic carbocycles. The van der Waals surface area contributed by atoms with Crippen molar-refractivity contribution in [2.45, 2.75) is 44.0 Å². The highest BCUT2D eigenvalue weighted by Crippen LogP contribution is 2.36. The van der Waals surface area contributed by atoms with Crippen LogP contribution in [0.4, 0.5) is 5.69 Å². The highest BCUT2D eigenvalue weighted by Gasteiger charge is 2.20. The second-order valence-electron chi connectivity index (χ2n) is 8.45. The lowest BCUT2D eigenvalue weighted by Crippen LogP contribution is -2.35. The molecule has 30 heavy (non-hydrogen) atoms. The van der Waals surface area contributed by atoms with Gasteiger partial charge in [-0.25, -0.2) is 0 Å². The first-order valence-electron chi connectivity index (χ1n) is 11.3. The van der Waals surface area contributed by atoms with Crippen molar-refractivity contribution in [1.82, 2.24) is 10.2 Å². The van der Waals surface area contributed by atoms with Gasteiger partial charge in [-0.15, -0.1) is 11.8 Å². The number of rotatable bonds is 6. The summed E-state index contributed by atoms with van der Waals surface area (Å²) in [5.41, 5.74) is 4.55. The van der Waals surface area contributed by atoms with Crippen LogP contribution in [-0.4, -0.2) is 49.3 Å². The Balaban J connectivity index is 1.38. The van der Waals surface area contributed by atoms with Crippen molar-refractivity contribution in [3.8, 4) is 0 Å². The van der Waals surface area contributed by atoms with Crippen molar-refractivity contribution in [3.63, 3.8) is 0 Å². The Bertz CT molecular complexity index is 844. The molecular weight excluding hydrogens is 390 g/mol. The minimum Gasteiger partial charge on any atom is -0.365 e. The molecule has 4 nitrogen and oxygen atoms in total. The molecular formula is C25H33N3OS. The number of benzene rings is 2. The molecule has 5 heteroatoms. The minimum atomic E-state index is 0.0403. The van der Waals surface area contributed by atoms with Gasteiger partial charge in [-0.3, -0.25) is 4.79 Å². The molecule has 0 radical (unpaired) electrons. The third kappa shape index (κ3) is 5.58. The maximum atomic E-state index is 12.8. The average molecular weight is 424 g/mol. The number of aryl methyl sites for hydroxylation is 1. The summed E-state index contributed by atoms with van der Waals surface area (Å²) >= 11 is 1.88. The Morgan fingerprint density at radius 2 is 1.77 bits per heavy atom. The maximum Gasteiger partial charge on any atom is 0.251 e. The lowest BCUT2D eigenvalue weighted by Gasteiger charge is -2.31. The van der Waals surface area contributed by atoms with Gasteiger partial charge in [0.1, 0.15) is 0 Å². The van der Waals surface area contributed by atoms with E-state index in [1.807, 2.05) is 17.8 Å². The monoisotopic (exact) mass is 423 g/mol. The lowest BCUT2D eigenvalue weighted by molar-refractivity contribution is 0.0948. The van der Waals surface area contributed by atoms with Gasteiger partial charge in [-0.1, -0.05) is 42.7 Å². The topological polar surface area (TPSA) is 35.6 Å². The van der Waals surface area contributed by atoms with E-state index in [-0.39, 0.29) is 5.91 Å². The predicted octanol–water partition coefficient (Wildman–Crippen LogP) is 4.71. The highest BCUT2D eigenvalue weighted by atomic mass is 32.2. The summed E-state index contributed by atoms with van der Waals surface area (Å²) < 4.78 is 0. The van der Waals surface area contributed by atoms with Gasteiger partial charge in [-0.2, -0.15) is 0 Å². The SMILES string of the molecule is Cc1ccc(CN2CCSc3ccc(C(=O)NCCN4CCCCCC4)cc32)cc1. The maximum absolute atomic E-state index is 12.8. The first kappa shape index (κ1) is 21.3. The third-order valence-corrected chi connectivity index (χ3v) is 7.13. The molecule has 2 aliphatic rings. The smallest absolute Gasteiger partial charge is 0.251 e. The fourth-order valence-electron chi connectivity index (χ4n) is 4.28. The number of hydrogen-bond donors (Lipinski definition) is 1. The number of carbonyl (C=O) groups is 1. The van der Waals surface area contributed by atoms with Crippen molar-refractivity contribution < 1.29 is 4.79 Å². The zero-order valence-electron chi connectivity index (χ0n) is 18.0.